The van der Waals surface area contributed by atoms with Gasteiger partial charge in [0.25, 0.3) is 0 Å². The van der Waals surface area contributed by atoms with Crippen molar-refractivity contribution in [3.8, 4) is 0 Å². The fourth-order valence-corrected chi connectivity index (χ4v) is 2.94. The lowest BCUT2D eigenvalue weighted by Crippen LogP contribution is -2.38. The number of nitrogens with one attached hydrogen (secondary N) is 2. The highest BCUT2D eigenvalue weighted by Crippen LogP contribution is 2.22. The average Bonchev–Trinajstić information content (AvgIpc) is 3.01. The molecule has 2 N–H and O–H groups in total. The van der Waals surface area contributed by atoms with Gasteiger partial charge in [-0.25, -0.2) is 4.79 Å². The monoisotopic (exact) mass is 288 g/mol. The Morgan fingerprint density at radius 2 is 2.38 bits per heavy atom. The Bertz CT molecular complexity index is 619. The second-order valence-corrected chi connectivity index (χ2v) is 5.48. The number of aromatic nitrogens is 3. The molecule has 6 heteroatoms. The van der Waals surface area contributed by atoms with Crippen molar-refractivity contribution in [3.05, 3.63) is 24.2 Å². The number of hydrogen-bond donors (Lipinski definition) is 2. The van der Waals surface area contributed by atoms with Gasteiger partial charge >= 0.3 is 5.97 Å². The topological polar surface area (TPSA) is 79.9 Å². The Hall–Kier alpha value is -1.95. The minimum Gasteiger partial charge on any atom is -0.458 e. The number of carbonyl (C=O) groups excluding carboxylic acids is 1. The van der Waals surface area contributed by atoms with Crippen molar-refractivity contribution >= 4 is 16.9 Å². The number of aromatic amines is 1. The van der Waals surface area contributed by atoms with Crippen molar-refractivity contribution < 1.29 is 9.53 Å². The molecule has 3 rings (SSSR count). The van der Waals surface area contributed by atoms with Crippen LogP contribution in [-0.4, -0.2) is 40.3 Å². The third kappa shape index (κ3) is 2.90. The maximum absolute atomic E-state index is 12.4. The van der Waals surface area contributed by atoms with Crippen molar-refractivity contribution in [2.24, 2.45) is 5.92 Å². The zero-order valence-corrected chi connectivity index (χ0v) is 12.1. The van der Waals surface area contributed by atoms with Crippen LogP contribution in [0, 0.1) is 5.92 Å². The molecule has 2 aromatic heterocycles. The maximum atomic E-state index is 12.4. The summed E-state index contributed by atoms with van der Waals surface area (Å²) in [6.07, 6.45) is 7.86. The molecule has 112 valence electrons. The molecule has 0 aliphatic carbocycles. The van der Waals surface area contributed by atoms with E-state index < -0.39 is 0 Å². The number of ether oxygens (including phenoxy) is 1. The summed E-state index contributed by atoms with van der Waals surface area (Å²) in [6, 6.07) is 0. The molecule has 0 aromatic carbocycles. The summed E-state index contributed by atoms with van der Waals surface area (Å²) in [6.45, 7) is 4.03. The van der Waals surface area contributed by atoms with Crippen LogP contribution in [0.15, 0.2) is 18.6 Å². The number of rotatable bonds is 4. The molecule has 1 saturated heterocycles. The third-order valence-electron chi connectivity index (χ3n) is 4.11. The van der Waals surface area contributed by atoms with E-state index in [1.165, 1.54) is 0 Å². The lowest BCUT2D eigenvalue weighted by molar-refractivity contribution is 0.00899. The molecule has 3 heterocycles. The number of fused-ring (bicyclic) bond motifs is 1. The first-order chi connectivity index (χ1) is 10.3. The minimum atomic E-state index is -0.313. The summed E-state index contributed by atoms with van der Waals surface area (Å²) in [4.78, 5) is 16.5. The normalized spacial score (nSPS) is 20.3. The number of carbonyl (C=O) groups is 1. The summed E-state index contributed by atoms with van der Waals surface area (Å²) in [5.74, 6) is 0.0798. The number of H-pyrrole nitrogens is 1. The van der Waals surface area contributed by atoms with E-state index in [4.69, 9.17) is 4.74 Å². The number of hydrogen-bond acceptors (Lipinski definition) is 5. The van der Waals surface area contributed by atoms with Crippen molar-refractivity contribution in [1.29, 1.82) is 0 Å². The standard InChI is InChI=1S/C15H20N4O2/c1-2-14(10-4-3-5-16-6-10)21-15(20)12-7-17-9-13-11(12)8-18-19-13/h7-10,14,16H,2-6H2,1H3,(H,18,19). The molecule has 2 atom stereocenters. The van der Waals surface area contributed by atoms with Crippen LogP contribution in [0.2, 0.25) is 0 Å². The molecule has 1 aliphatic heterocycles. The summed E-state index contributed by atoms with van der Waals surface area (Å²) >= 11 is 0. The maximum Gasteiger partial charge on any atom is 0.340 e. The van der Waals surface area contributed by atoms with Gasteiger partial charge in [-0.3, -0.25) is 10.1 Å². The van der Waals surface area contributed by atoms with E-state index in [0.717, 1.165) is 43.3 Å². The van der Waals surface area contributed by atoms with E-state index in [9.17, 15) is 4.79 Å². The van der Waals surface area contributed by atoms with Crippen molar-refractivity contribution in [3.63, 3.8) is 0 Å². The summed E-state index contributed by atoms with van der Waals surface area (Å²) in [5.41, 5.74) is 1.22. The molecular weight excluding hydrogens is 268 g/mol. The zero-order chi connectivity index (χ0) is 14.7. The van der Waals surface area contributed by atoms with Crippen LogP contribution in [0.1, 0.15) is 36.5 Å². The van der Waals surface area contributed by atoms with Crippen LogP contribution < -0.4 is 5.32 Å². The lowest BCUT2D eigenvalue weighted by atomic mass is 9.92. The molecule has 1 aliphatic rings. The van der Waals surface area contributed by atoms with E-state index >= 15 is 0 Å². The first-order valence-corrected chi connectivity index (χ1v) is 7.48. The first kappa shape index (κ1) is 14.0. The summed E-state index contributed by atoms with van der Waals surface area (Å²) in [5, 5.41) is 10.9. The molecule has 0 saturated carbocycles. The number of piperidine rings is 1. The van der Waals surface area contributed by atoms with Crippen LogP contribution in [0.5, 0.6) is 0 Å². The molecule has 0 radical (unpaired) electrons. The number of esters is 1. The number of nitrogens with zero attached hydrogens (tertiary/aromatic N) is 2. The van der Waals surface area contributed by atoms with Gasteiger partial charge in [0.05, 0.1) is 23.5 Å². The molecule has 0 amide bonds. The Morgan fingerprint density at radius 1 is 1.48 bits per heavy atom. The van der Waals surface area contributed by atoms with Crippen LogP contribution in [0.25, 0.3) is 10.9 Å². The quantitative estimate of drug-likeness (QED) is 0.840. The minimum absolute atomic E-state index is 0.0487. The van der Waals surface area contributed by atoms with Crippen LogP contribution in [0.4, 0.5) is 0 Å². The Balaban J connectivity index is 1.76. The highest BCUT2D eigenvalue weighted by Gasteiger charge is 2.26. The lowest BCUT2D eigenvalue weighted by Gasteiger charge is -2.29. The van der Waals surface area contributed by atoms with Gasteiger partial charge in [0.1, 0.15) is 6.10 Å². The molecule has 6 nitrogen and oxygen atoms in total. The predicted molar refractivity (Wildman–Crippen MR) is 79.0 cm³/mol. The largest absolute Gasteiger partial charge is 0.458 e. The molecule has 0 spiro atoms. The van der Waals surface area contributed by atoms with E-state index in [-0.39, 0.29) is 12.1 Å². The van der Waals surface area contributed by atoms with E-state index in [1.807, 2.05) is 0 Å². The molecule has 1 fully saturated rings. The predicted octanol–water partition coefficient (Wildman–Crippen LogP) is 1.89. The van der Waals surface area contributed by atoms with Gasteiger partial charge in [-0.1, -0.05) is 6.92 Å². The fourth-order valence-electron chi connectivity index (χ4n) is 2.94. The molecular formula is C15H20N4O2. The first-order valence-electron chi connectivity index (χ1n) is 7.48. The second kappa shape index (κ2) is 6.22. The van der Waals surface area contributed by atoms with Crippen LogP contribution in [0.3, 0.4) is 0 Å². The van der Waals surface area contributed by atoms with E-state index in [1.54, 1.807) is 18.6 Å². The zero-order valence-electron chi connectivity index (χ0n) is 12.1. The van der Waals surface area contributed by atoms with Crippen LogP contribution in [-0.2, 0) is 4.74 Å². The van der Waals surface area contributed by atoms with Crippen molar-refractivity contribution in [1.82, 2.24) is 20.5 Å². The molecule has 0 bridgehead atoms. The molecule has 2 aromatic rings. The van der Waals surface area contributed by atoms with Gasteiger partial charge < -0.3 is 10.1 Å². The smallest absolute Gasteiger partial charge is 0.340 e. The number of pyridine rings is 1. The third-order valence-corrected chi connectivity index (χ3v) is 4.11. The van der Waals surface area contributed by atoms with Gasteiger partial charge in [0.15, 0.2) is 0 Å². The van der Waals surface area contributed by atoms with E-state index in [2.05, 4.69) is 27.4 Å². The van der Waals surface area contributed by atoms with Gasteiger partial charge in [-0.2, -0.15) is 5.10 Å². The SMILES string of the molecule is CCC(OC(=O)c1cncc2[nH]ncc12)C1CCCNC1. The Labute approximate surface area is 123 Å². The molecule has 21 heavy (non-hydrogen) atoms. The van der Waals surface area contributed by atoms with Gasteiger partial charge in [-0.05, 0) is 25.8 Å². The average molecular weight is 288 g/mol. The second-order valence-electron chi connectivity index (χ2n) is 5.48. The fraction of sp³-hybridized carbons (Fsp3) is 0.533. The van der Waals surface area contributed by atoms with Gasteiger partial charge in [0.2, 0.25) is 0 Å². The van der Waals surface area contributed by atoms with E-state index in [0.29, 0.717) is 11.5 Å². The highest BCUT2D eigenvalue weighted by atomic mass is 16.5. The van der Waals surface area contributed by atoms with Crippen molar-refractivity contribution in [2.45, 2.75) is 32.3 Å². The Morgan fingerprint density at radius 3 is 3.14 bits per heavy atom. The summed E-state index contributed by atoms with van der Waals surface area (Å²) in [7, 11) is 0. The van der Waals surface area contributed by atoms with Gasteiger partial charge in [0, 0.05) is 24.0 Å². The summed E-state index contributed by atoms with van der Waals surface area (Å²) < 4.78 is 5.74. The Kier molecular flexibility index (Phi) is 4.15. The van der Waals surface area contributed by atoms with Gasteiger partial charge in [-0.15, -0.1) is 0 Å². The van der Waals surface area contributed by atoms with Crippen LogP contribution >= 0.6 is 0 Å². The highest BCUT2D eigenvalue weighted by molar-refractivity contribution is 6.02. The van der Waals surface area contributed by atoms with Crippen molar-refractivity contribution in [2.75, 3.05) is 13.1 Å². The molecule has 2 unspecified atom stereocenters.